The Bertz CT molecular complexity index is 62.9. The molecule has 1 rings (SSSR count). The third-order valence-corrected chi connectivity index (χ3v) is 1.35. The van der Waals surface area contributed by atoms with Gasteiger partial charge < -0.3 is 10.4 Å². The molecule has 1 fully saturated rings. The Hall–Kier alpha value is -0.0800. The Morgan fingerprint density at radius 3 is 2.38 bits per heavy atom. The molecule has 8 heavy (non-hydrogen) atoms. The zero-order chi connectivity index (χ0) is 5.33. The summed E-state index contributed by atoms with van der Waals surface area (Å²) in [6.45, 7) is 3.58. The van der Waals surface area contributed by atoms with Gasteiger partial charge in [-0.15, -0.1) is 0 Å². The standard InChI is InChI=1S/C5H11NO.CH4/c1-5(7)2-3-6-4-5;/h6-7H,2-4H2,1H3;1H4. The molecular weight excluding hydrogens is 102 g/mol. The van der Waals surface area contributed by atoms with Crippen molar-refractivity contribution in [3.63, 3.8) is 0 Å². The lowest BCUT2D eigenvalue weighted by atomic mass is 10.1. The summed E-state index contributed by atoms with van der Waals surface area (Å²) < 4.78 is 0. The first-order valence-electron chi connectivity index (χ1n) is 2.64. The first-order valence-corrected chi connectivity index (χ1v) is 2.64. The molecule has 0 aromatic rings. The number of nitrogens with one attached hydrogen (secondary N) is 1. The second-order valence-corrected chi connectivity index (χ2v) is 2.42. The molecule has 1 saturated heterocycles. The molecule has 2 heteroatoms. The Kier molecular flexibility index (Phi) is 2.44. The molecule has 0 spiro atoms. The highest BCUT2D eigenvalue weighted by molar-refractivity contribution is 4.82. The molecule has 0 aromatic heterocycles. The zero-order valence-electron chi connectivity index (χ0n) is 4.57. The summed E-state index contributed by atoms with van der Waals surface area (Å²) in [4.78, 5) is 0. The lowest BCUT2D eigenvalue weighted by Gasteiger charge is -2.11. The molecule has 1 heterocycles. The van der Waals surface area contributed by atoms with Crippen LogP contribution in [0.5, 0.6) is 0 Å². The van der Waals surface area contributed by atoms with Gasteiger partial charge in [-0.05, 0) is 19.9 Å². The lowest BCUT2D eigenvalue weighted by Crippen LogP contribution is -2.26. The highest BCUT2D eigenvalue weighted by Gasteiger charge is 2.23. The molecular formula is C6H15NO. The van der Waals surface area contributed by atoms with Crippen LogP contribution < -0.4 is 5.32 Å². The van der Waals surface area contributed by atoms with Gasteiger partial charge in [0.25, 0.3) is 0 Å². The SMILES string of the molecule is C.CC1(O)CCNC1. The van der Waals surface area contributed by atoms with Gasteiger partial charge in [-0.3, -0.25) is 0 Å². The molecule has 2 N–H and O–H groups in total. The fraction of sp³-hybridized carbons (Fsp3) is 1.00. The monoisotopic (exact) mass is 117 g/mol. The van der Waals surface area contributed by atoms with Gasteiger partial charge >= 0.3 is 0 Å². The van der Waals surface area contributed by atoms with Gasteiger partial charge in [-0.25, -0.2) is 0 Å². The summed E-state index contributed by atoms with van der Waals surface area (Å²) in [5.41, 5.74) is -0.417. The fourth-order valence-corrected chi connectivity index (χ4v) is 0.804. The van der Waals surface area contributed by atoms with Crippen molar-refractivity contribution in [2.45, 2.75) is 26.4 Å². The topological polar surface area (TPSA) is 32.3 Å². The van der Waals surface area contributed by atoms with E-state index in [1.807, 2.05) is 6.92 Å². The van der Waals surface area contributed by atoms with Crippen LogP contribution in [0, 0.1) is 0 Å². The predicted molar refractivity (Wildman–Crippen MR) is 34.8 cm³/mol. The molecule has 0 aliphatic carbocycles. The van der Waals surface area contributed by atoms with Crippen LogP contribution in [0.25, 0.3) is 0 Å². The van der Waals surface area contributed by atoms with Crippen LogP contribution in [0.15, 0.2) is 0 Å². The predicted octanol–water partition coefficient (Wildman–Crippen LogP) is 0.367. The summed E-state index contributed by atoms with van der Waals surface area (Å²) in [7, 11) is 0. The van der Waals surface area contributed by atoms with E-state index < -0.39 is 5.60 Å². The normalized spacial score (nSPS) is 36.8. The number of hydrogen-bond acceptors (Lipinski definition) is 2. The smallest absolute Gasteiger partial charge is 0.0755 e. The molecule has 0 aromatic carbocycles. The zero-order valence-corrected chi connectivity index (χ0v) is 4.57. The highest BCUT2D eigenvalue weighted by atomic mass is 16.3. The van der Waals surface area contributed by atoms with Gasteiger partial charge in [0.2, 0.25) is 0 Å². The first-order chi connectivity index (χ1) is 3.21. The van der Waals surface area contributed by atoms with Crippen LogP contribution in [-0.2, 0) is 0 Å². The number of aliphatic hydroxyl groups is 1. The minimum absolute atomic E-state index is 0. The van der Waals surface area contributed by atoms with Crippen molar-refractivity contribution in [2.75, 3.05) is 13.1 Å². The number of hydrogen-bond donors (Lipinski definition) is 2. The first kappa shape index (κ1) is 7.92. The summed E-state index contributed by atoms with van der Waals surface area (Å²) in [5.74, 6) is 0. The largest absolute Gasteiger partial charge is 0.389 e. The van der Waals surface area contributed by atoms with Crippen LogP contribution in [0.4, 0.5) is 0 Å². The summed E-state index contributed by atoms with van der Waals surface area (Å²) in [5, 5.41) is 12.2. The third kappa shape index (κ3) is 1.80. The molecule has 1 aliphatic heterocycles. The quantitative estimate of drug-likeness (QED) is 0.480. The molecule has 2 nitrogen and oxygen atoms in total. The van der Waals surface area contributed by atoms with Crippen molar-refractivity contribution in [1.82, 2.24) is 5.32 Å². The minimum Gasteiger partial charge on any atom is -0.389 e. The summed E-state index contributed by atoms with van der Waals surface area (Å²) >= 11 is 0. The van der Waals surface area contributed by atoms with Gasteiger partial charge in [-0.2, -0.15) is 0 Å². The van der Waals surface area contributed by atoms with Crippen LogP contribution in [0.3, 0.4) is 0 Å². The average Bonchev–Trinajstić information content (AvgIpc) is 1.84. The van der Waals surface area contributed by atoms with Crippen LogP contribution >= 0.6 is 0 Å². The minimum atomic E-state index is -0.417. The van der Waals surface area contributed by atoms with E-state index >= 15 is 0 Å². The van der Waals surface area contributed by atoms with E-state index in [-0.39, 0.29) is 7.43 Å². The van der Waals surface area contributed by atoms with Crippen molar-refractivity contribution >= 4 is 0 Å². The number of rotatable bonds is 0. The van der Waals surface area contributed by atoms with Gasteiger partial charge in [0.05, 0.1) is 5.60 Å². The lowest BCUT2D eigenvalue weighted by molar-refractivity contribution is 0.0820. The Balaban J connectivity index is 0.000000490. The second kappa shape index (κ2) is 2.46. The van der Waals surface area contributed by atoms with E-state index in [1.165, 1.54) is 0 Å². The molecule has 0 radical (unpaired) electrons. The van der Waals surface area contributed by atoms with Gasteiger partial charge in [0.1, 0.15) is 0 Å². The van der Waals surface area contributed by atoms with E-state index in [1.54, 1.807) is 0 Å². The maximum atomic E-state index is 9.13. The van der Waals surface area contributed by atoms with E-state index in [0.29, 0.717) is 0 Å². The molecule has 1 atom stereocenters. The van der Waals surface area contributed by atoms with E-state index in [2.05, 4.69) is 5.32 Å². The van der Waals surface area contributed by atoms with Crippen molar-refractivity contribution in [1.29, 1.82) is 0 Å². The van der Waals surface area contributed by atoms with E-state index in [4.69, 9.17) is 5.11 Å². The van der Waals surface area contributed by atoms with Crippen molar-refractivity contribution in [3.05, 3.63) is 0 Å². The second-order valence-electron chi connectivity index (χ2n) is 2.42. The van der Waals surface area contributed by atoms with E-state index in [0.717, 1.165) is 19.5 Å². The Labute approximate surface area is 50.9 Å². The fourth-order valence-electron chi connectivity index (χ4n) is 0.804. The maximum absolute atomic E-state index is 9.13. The molecule has 50 valence electrons. The van der Waals surface area contributed by atoms with Crippen molar-refractivity contribution in [2.24, 2.45) is 0 Å². The van der Waals surface area contributed by atoms with Crippen LogP contribution in [0.1, 0.15) is 20.8 Å². The van der Waals surface area contributed by atoms with Gasteiger partial charge in [0, 0.05) is 6.54 Å². The van der Waals surface area contributed by atoms with Crippen molar-refractivity contribution < 1.29 is 5.11 Å². The molecule has 0 amide bonds. The van der Waals surface area contributed by atoms with Crippen LogP contribution in [0.2, 0.25) is 0 Å². The molecule has 1 unspecified atom stereocenters. The third-order valence-electron chi connectivity index (χ3n) is 1.35. The van der Waals surface area contributed by atoms with Gasteiger partial charge in [0.15, 0.2) is 0 Å². The van der Waals surface area contributed by atoms with Gasteiger partial charge in [-0.1, -0.05) is 7.43 Å². The summed E-state index contributed by atoms with van der Waals surface area (Å²) in [6, 6.07) is 0. The number of β-amino-alcohol motifs (C(OH)–C–C–N with tert-alkyl or cyclic N) is 1. The Morgan fingerprint density at radius 1 is 1.62 bits per heavy atom. The van der Waals surface area contributed by atoms with Crippen LogP contribution in [-0.4, -0.2) is 23.8 Å². The molecule has 0 saturated carbocycles. The molecule has 1 aliphatic rings. The summed E-state index contributed by atoms with van der Waals surface area (Å²) in [6.07, 6.45) is 0.896. The van der Waals surface area contributed by atoms with E-state index in [9.17, 15) is 0 Å². The highest BCUT2D eigenvalue weighted by Crippen LogP contribution is 2.10. The Morgan fingerprint density at radius 2 is 2.25 bits per heavy atom. The van der Waals surface area contributed by atoms with Crippen molar-refractivity contribution in [3.8, 4) is 0 Å². The molecule has 0 bridgehead atoms. The average molecular weight is 117 g/mol. The maximum Gasteiger partial charge on any atom is 0.0755 e.